The molecule has 0 aromatic heterocycles. The van der Waals surface area contributed by atoms with Gasteiger partial charge in [-0.2, -0.15) is 0 Å². The van der Waals surface area contributed by atoms with Crippen molar-refractivity contribution in [1.29, 1.82) is 0 Å². The van der Waals surface area contributed by atoms with Gasteiger partial charge in [-0.1, -0.05) is 44.5 Å². The fourth-order valence-corrected chi connectivity index (χ4v) is 3.19. The number of rotatable bonds is 7. The van der Waals surface area contributed by atoms with E-state index in [0.717, 1.165) is 13.1 Å². The van der Waals surface area contributed by atoms with Crippen LogP contribution in [0.4, 0.5) is 0 Å². The quantitative estimate of drug-likeness (QED) is 0.817. The molecule has 1 heterocycles. The SMILES string of the molecule is CCCNC(CCC)CN1CCCc2ccccc2C1. The van der Waals surface area contributed by atoms with E-state index >= 15 is 0 Å². The number of nitrogens with zero attached hydrogens (tertiary/aromatic N) is 1. The average Bonchev–Trinajstić information content (AvgIpc) is 2.66. The van der Waals surface area contributed by atoms with Crippen LogP contribution in [0.1, 0.15) is 50.7 Å². The van der Waals surface area contributed by atoms with Gasteiger partial charge in [0.05, 0.1) is 0 Å². The second-order valence-corrected chi connectivity index (χ2v) is 6.05. The molecule has 1 N–H and O–H groups in total. The maximum absolute atomic E-state index is 3.72. The van der Waals surface area contributed by atoms with Gasteiger partial charge in [-0.3, -0.25) is 4.90 Å². The lowest BCUT2D eigenvalue weighted by Gasteiger charge is -2.27. The van der Waals surface area contributed by atoms with Crippen molar-refractivity contribution in [3.63, 3.8) is 0 Å². The van der Waals surface area contributed by atoms with Gasteiger partial charge in [0.25, 0.3) is 0 Å². The Kier molecular flexibility index (Phi) is 6.55. The van der Waals surface area contributed by atoms with E-state index in [0.29, 0.717) is 6.04 Å². The highest BCUT2D eigenvalue weighted by atomic mass is 15.1. The first-order valence-electron chi connectivity index (χ1n) is 8.36. The summed E-state index contributed by atoms with van der Waals surface area (Å²) < 4.78 is 0. The summed E-state index contributed by atoms with van der Waals surface area (Å²) >= 11 is 0. The van der Waals surface area contributed by atoms with E-state index in [-0.39, 0.29) is 0 Å². The summed E-state index contributed by atoms with van der Waals surface area (Å²) in [5.74, 6) is 0. The molecule has 2 heteroatoms. The van der Waals surface area contributed by atoms with E-state index in [9.17, 15) is 0 Å². The zero-order valence-corrected chi connectivity index (χ0v) is 13.2. The lowest BCUT2D eigenvalue weighted by molar-refractivity contribution is 0.231. The van der Waals surface area contributed by atoms with Gasteiger partial charge < -0.3 is 5.32 Å². The zero-order valence-electron chi connectivity index (χ0n) is 13.2. The number of benzene rings is 1. The van der Waals surface area contributed by atoms with Gasteiger partial charge >= 0.3 is 0 Å². The molecule has 112 valence electrons. The third kappa shape index (κ3) is 4.60. The molecule has 2 rings (SSSR count). The van der Waals surface area contributed by atoms with Gasteiger partial charge in [-0.05, 0) is 49.9 Å². The van der Waals surface area contributed by atoms with Crippen LogP contribution in [-0.4, -0.2) is 30.6 Å². The standard InChI is InChI=1S/C18H30N2/c1-3-8-18(19-12-4-2)15-20-13-7-11-16-9-5-6-10-17(16)14-20/h5-6,9-10,18-19H,3-4,7-8,11-15H2,1-2H3. The average molecular weight is 274 g/mol. The Labute approximate surface area is 124 Å². The van der Waals surface area contributed by atoms with E-state index < -0.39 is 0 Å². The smallest absolute Gasteiger partial charge is 0.0237 e. The molecule has 0 spiro atoms. The number of nitrogens with one attached hydrogen (secondary N) is 1. The van der Waals surface area contributed by atoms with Crippen molar-refractivity contribution in [2.24, 2.45) is 0 Å². The molecule has 0 bridgehead atoms. The molecule has 0 radical (unpaired) electrons. The summed E-state index contributed by atoms with van der Waals surface area (Å²) in [7, 11) is 0. The van der Waals surface area contributed by atoms with Crippen LogP contribution in [0, 0.1) is 0 Å². The van der Waals surface area contributed by atoms with Crippen LogP contribution in [0.15, 0.2) is 24.3 Å². The molecule has 1 aliphatic heterocycles. The molecular weight excluding hydrogens is 244 g/mol. The van der Waals surface area contributed by atoms with E-state index in [2.05, 4.69) is 48.3 Å². The molecule has 2 nitrogen and oxygen atoms in total. The van der Waals surface area contributed by atoms with Crippen molar-refractivity contribution in [1.82, 2.24) is 10.2 Å². The second-order valence-electron chi connectivity index (χ2n) is 6.05. The predicted molar refractivity (Wildman–Crippen MR) is 87.0 cm³/mol. The molecule has 0 saturated heterocycles. The normalized spacial score (nSPS) is 17.5. The Morgan fingerprint density at radius 3 is 2.70 bits per heavy atom. The third-order valence-corrected chi connectivity index (χ3v) is 4.23. The molecule has 0 saturated carbocycles. The van der Waals surface area contributed by atoms with Crippen LogP contribution in [0.3, 0.4) is 0 Å². The highest BCUT2D eigenvalue weighted by Gasteiger charge is 2.17. The third-order valence-electron chi connectivity index (χ3n) is 4.23. The Hall–Kier alpha value is -0.860. The molecule has 0 fully saturated rings. The predicted octanol–water partition coefficient (Wildman–Crippen LogP) is 3.60. The van der Waals surface area contributed by atoms with Crippen LogP contribution in [0.25, 0.3) is 0 Å². The van der Waals surface area contributed by atoms with Crippen molar-refractivity contribution in [2.45, 2.75) is 58.5 Å². The summed E-state index contributed by atoms with van der Waals surface area (Å²) in [6.07, 6.45) is 6.32. The summed E-state index contributed by atoms with van der Waals surface area (Å²) in [6, 6.07) is 9.63. The van der Waals surface area contributed by atoms with E-state index in [1.54, 1.807) is 5.56 Å². The summed E-state index contributed by atoms with van der Waals surface area (Å²) in [5.41, 5.74) is 3.10. The molecule has 1 aliphatic rings. The van der Waals surface area contributed by atoms with Gasteiger partial charge in [0, 0.05) is 19.1 Å². The molecular formula is C18H30N2. The molecule has 1 aromatic carbocycles. The zero-order chi connectivity index (χ0) is 14.2. The second kappa shape index (κ2) is 8.43. The topological polar surface area (TPSA) is 15.3 Å². The van der Waals surface area contributed by atoms with Crippen molar-refractivity contribution < 1.29 is 0 Å². The van der Waals surface area contributed by atoms with Crippen LogP contribution < -0.4 is 5.32 Å². The van der Waals surface area contributed by atoms with Crippen LogP contribution in [-0.2, 0) is 13.0 Å². The van der Waals surface area contributed by atoms with Gasteiger partial charge in [-0.25, -0.2) is 0 Å². The minimum atomic E-state index is 0.658. The molecule has 0 aliphatic carbocycles. The summed E-state index contributed by atoms with van der Waals surface area (Å²) in [4.78, 5) is 2.65. The van der Waals surface area contributed by atoms with Gasteiger partial charge in [0.15, 0.2) is 0 Å². The fraction of sp³-hybridized carbons (Fsp3) is 0.667. The lowest BCUT2D eigenvalue weighted by atomic mass is 10.0. The first-order valence-corrected chi connectivity index (χ1v) is 8.36. The van der Waals surface area contributed by atoms with E-state index in [4.69, 9.17) is 0 Å². The highest BCUT2D eigenvalue weighted by Crippen LogP contribution is 2.18. The van der Waals surface area contributed by atoms with Crippen LogP contribution in [0.2, 0.25) is 0 Å². The minimum Gasteiger partial charge on any atom is -0.313 e. The number of hydrogen-bond donors (Lipinski definition) is 1. The van der Waals surface area contributed by atoms with Gasteiger partial charge in [0.2, 0.25) is 0 Å². The van der Waals surface area contributed by atoms with Crippen molar-refractivity contribution in [3.8, 4) is 0 Å². The van der Waals surface area contributed by atoms with Gasteiger partial charge in [0.1, 0.15) is 0 Å². The molecule has 0 amide bonds. The van der Waals surface area contributed by atoms with Crippen molar-refractivity contribution in [3.05, 3.63) is 35.4 Å². The molecule has 20 heavy (non-hydrogen) atoms. The monoisotopic (exact) mass is 274 g/mol. The fourth-order valence-electron chi connectivity index (χ4n) is 3.19. The van der Waals surface area contributed by atoms with E-state index in [1.165, 1.54) is 50.8 Å². The Balaban J connectivity index is 1.94. The first-order chi connectivity index (χ1) is 9.83. The molecule has 1 unspecified atom stereocenters. The highest BCUT2D eigenvalue weighted by molar-refractivity contribution is 5.28. The maximum atomic E-state index is 3.72. The summed E-state index contributed by atoms with van der Waals surface area (Å²) in [5, 5.41) is 3.72. The lowest BCUT2D eigenvalue weighted by Crippen LogP contribution is -2.41. The number of aryl methyl sites for hydroxylation is 1. The van der Waals surface area contributed by atoms with Crippen LogP contribution in [0.5, 0.6) is 0 Å². The Morgan fingerprint density at radius 1 is 1.15 bits per heavy atom. The summed E-state index contributed by atoms with van der Waals surface area (Å²) in [6.45, 7) is 9.25. The van der Waals surface area contributed by atoms with Crippen molar-refractivity contribution >= 4 is 0 Å². The molecule has 1 aromatic rings. The van der Waals surface area contributed by atoms with E-state index in [1.807, 2.05) is 0 Å². The Bertz CT molecular complexity index is 389. The first kappa shape index (κ1) is 15.5. The largest absolute Gasteiger partial charge is 0.313 e. The molecule has 1 atom stereocenters. The number of hydrogen-bond acceptors (Lipinski definition) is 2. The minimum absolute atomic E-state index is 0.658. The van der Waals surface area contributed by atoms with Gasteiger partial charge in [-0.15, -0.1) is 0 Å². The Morgan fingerprint density at radius 2 is 1.95 bits per heavy atom. The maximum Gasteiger partial charge on any atom is 0.0237 e. The van der Waals surface area contributed by atoms with Crippen molar-refractivity contribution in [2.75, 3.05) is 19.6 Å². The van der Waals surface area contributed by atoms with Crippen LogP contribution >= 0.6 is 0 Å². The number of fused-ring (bicyclic) bond motifs is 1.